The number of benzene rings is 2. The van der Waals surface area contributed by atoms with Crippen LogP contribution in [0.2, 0.25) is 0 Å². The summed E-state index contributed by atoms with van der Waals surface area (Å²) in [5.74, 6) is 0.622. The third-order valence-corrected chi connectivity index (χ3v) is 4.22. The van der Waals surface area contributed by atoms with Crippen LogP contribution in [0.4, 0.5) is 11.4 Å². The SMILES string of the molecule is C=C/C=C(\C=C/C)c1ccc(N(C)c2ccc(C(N=CN=C)=NC)cc2)cc1. The van der Waals surface area contributed by atoms with Gasteiger partial charge in [0.15, 0.2) is 5.84 Å². The Morgan fingerprint density at radius 2 is 1.54 bits per heavy atom. The highest BCUT2D eigenvalue weighted by atomic mass is 15.1. The molecular weight excluding hydrogens is 344 g/mol. The van der Waals surface area contributed by atoms with Gasteiger partial charge in [-0.05, 0) is 61.2 Å². The van der Waals surface area contributed by atoms with Gasteiger partial charge in [-0.15, -0.1) is 0 Å². The fraction of sp³-hybridized carbons (Fsp3) is 0.125. The van der Waals surface area contributed by atoms with Crippen LogP contribution in [-0.2, 0) is 0 Å². The van der Waals surface area contributed by atoms with Crippen LogP contribution < -0.4 is 4.90 Å². The summed E-state index contributed by atoms with van der Waals surface area (Å²) in [5, 5.41) is 0. The summed E-state index contributed by atoms with van der Waals surface area (Å²) in [6.45, 7) is 9.20. The van der Waals surface area contributed by atoms with Gasteiger partial charge in [0.25, 0.3) is 0 Å². The molecule has 0 saturated carbocycles. The van der Waals surface area contributed by atoms with Gasteiger partial charge in [0.05, 0.1) is 0 Å². The molecule has 142 valence electrons. The first-order valence-electron chi connectivity index (χ1n) is 8.99. The molecule has 0 fully saturated rings. The quantitative estimate of drug-likeness (QED) is 0.350. The molecule has 0 atom stereocenters. The highest BCUT2D eigenvalue weighted by molar-refractivity contribution is 6.03. The first-order valence-corrected chi connectivity index (χ1v) is 8.99. The average Bonchev–Trinajstić information content (AvgIpc) is 2.74. The lowest BCUT2D eigenvalue weighted by Gasteiger charge is -2.20. The second-order valence-corrected chi connectivity index (χ2v) is 5.98. The molecule has 2 aromatic carbocycles. The van der Waals surface area contributed by atoms with Crippen LogP contribution in [0.5, 0.6) is 0 Å². The monoisotopic (exact) mass is 370 g/mol. The molecule has 28 heavy (non-hydrogen) atoms. The molecular formula is C24H26N4. The Balaban J connectivity index is 2.23. The van der Waals surface area contributed by atoms with E-state index in [0.29, 0.717) is 5.84 Å². The van der Waals surface area contributed by atoms with Gasteiger partial charge < -0.3 is 4.90 Å². The summed E-state index contributed by atoms with van der Waals surface area (Å²) in [6, 6.07) is 16.6. The van der Waals surface area contributed by atoms with Gasteiger partial charge in [-0.2, -0.15) is 0 Å². The number of hydrogen-bond acceptors (Lipinski definition) is 2. The maximum atomic E-state index is 4.18. The molecule has 0 N–H and O–H groups in total. The van der Waals surface area contributed by atoms with E-state index in [0.717, 1.165) is 28.1 Å². The standard InChI is InChI=1S/C24H26N4/c1-6-8-19(9-7-2)20-10-14-22(15-11-20)28(5)23-16-12-21(13-17-23)24(26-4)27-18-25-3/h6-18H,1,3H2,2,4-5H3/b9-7-,19-8+,26-24?,27-18?. The molecule has 0 aliphatic heterocycles. The molecule has 2 rings (SSSR count). The predicted octanol–water partition coefficient (Wildman–Crippen LogP) is 5.71. The summed E-state index contributed by atoms with van der Waals surface area (Å²) in [7, 11) is 3.76. The number of hydrogen-bond donors (Lipinski definition) is 0. The van der Waals surface area contributed by atoms with Crippen molar-refractivity contribution in [2.75, 3.05) is 19.0 Å². The zero-order valence-electron chi connectivity index (χ0n) is 16.7. The van der Waals surface area contributed by atoms with E-state index in [1.165, 1.54) is 6.34 Å². The van der Waals surface area contributed by atoms with Crippen LogP contribution in [0.15, 0.2) is 94.4 Å². The minimum absolute atomic E-state index is 0.622. The van der Waals surface area contributed by atoms with Crippen LogP contribution in [0.1, 0.15) is 18.1 Å². The Morgan fingerprint density at radius 3 is 2.00 bits per heavy atom. The van der Waals surface area contributed by atoms with Crippen LogP contribution in [0.25, 0.3) is 5.57 Å². The molecule has 0 bridgehead atoms. The normalized spacial score (nSPS) is 12.5. The number of allylic oxidation sites excluding steroid dienone is 5. The summed E-state index contributed by atoms with van der Waals surface area (Å²) < 4.78 is 0. The molecule has 0 saturated heterocycles. The van der Waals surface area contributed by atoms with E-state index in [-0.39, 0.29) is 0 Å². The molecule has 4 nitrogen and oxygen atoms in total. The minimum Gasteiger partial charge on any atom is -0.345 e. The maximum absolute atomic E-state index is 4.18. The zero-order valence-corrected chi connectivity index (χ0v) is 16.7. The number of nitrogens with zero attached hydrogens (tertiary/aromatic N) is 4. The van der Waals surface area contributed by atoms with Crippen molar-refractivity contribution >= 4 is 35.8 Å². The Bertz CT molecular complexity index is 914. The van der Waals surface area contributed by atoms with Crippen molar-refractivity contribution < 1.29 is 0 Å². The number of aliphatic imine (C=N–C) groups is 3. The van der Waals surface area contributed by atoms with E-state index in [2.05, 4.69) is 63.5 Å². The van der Waals surface area contributed by atoms with E-state index < -0.39 is 0 Å². The fourth-order valence-electron chi connectivity index (χ4n) is 2.77. The van der Waals surface area contributed by atoms with Crippen molar-refractivity contribution in [3.63, 3.8) is 0 Å². The first-order chi connectivity index (χ1) is 13.6. The predicted molar refractivity (Wildman–Crippen MR) is 124 cm³/mol. The Kier molecular flexibility index (Phi) is 7.85. The van der Waals surface area contributed by atoms with Gasteiger partial charge in [0.1, 0.15) is 6.34 Å². The van der Waals surface area contributed by atoms with Crippen molar-refractivity contribution in [2.24, 2.45) is 15.0 Å². The molecule has 0 spiro atoms. The average molecular weight is 371 g/mol. The van der Waals surface area contributed by atoms with Crippen molar-refractivity contribution in [3.05, 3.63) is 90.5 Å². The second-order valence-electron chi connectivity index (χ2n) is 5.98. The number of anilines is 2. The third-order valence-electron chi connectivity index (χ3n) is 4.22. The molecule has 0 unspecified atom stereocenters. The molecule has 2 aromatic rings. The Morgan fingerprint density at radius 1 is 0.964 bits per heavy atom. The maximum Gasteiger partial charge on any atom is 0.156 e. The van der Waals surface area contributed by atoms with Crippen molar-refractivity contribution in [1.82, 2.24) is 0 Å². The Hall–Kier alpha value is -3.53. The fourth-order valence-corrected chi connectivity index (χ4v) is 2.77. The molecule has 0 aromatic heterocycles. The second kappa shape index (κ2) is 10.6. The van der Waals surface area contributed by atoms with Crippen LogP contribution >= 0.6 is 0 Å². The molecule has 0 heterocycles. The van der Waals surface area contributed by atoms with Gasteiger partial charge in [-0.3, -0.25) is 9.98 Å². The largest absolute Gasteiger partial charge is 0.345 e. The topological polar surface area (TPSA) is 40.3 Å². The van der Waals surface area contributed by atoms with E-state index in [4.69, 9.17) is 0 Å². The summed E-state index contributed by atoms with van der Waals surface area (Å²) in [6.07, 6.45) is 9.32. The van der Waals surface area contributed by atoms with E-state index in [1.54, 1.807) is 13.1 Å². The van der Waals surface area contributed by atoms with E-state index >= 15 is 0 Å². The molecule has 0 radical (unpaired) electrons. The summed E-state index contributed by atoms with van der Waals surface area (Å²) in [5.41, 5.74) is 5.40. The van der Waals surface area contributed by atoms with Gasteiger partial charge in [-0.25, -0.2) is 4.99 Å². The third kappa shape index (κ3) is 5.24. The van der Waals surface area contributed by atoms with E-state index in [9.17, 15) is 0 Å². The number of amidine groups is 1. The van der Waals surface area contributed by atoms with Crippen molar-refractivity contribution in [3.8, 4) is 0 Å². The smallest absolute Gasteiger partial charge is 0.156 e. The van der Waals surface area contributed by atoms with E-state index in [1.807, 2.05) is 50.4 Å². The summed E-state index contributed by atoms with van der Waals surface area (Å²) >= 11 is 0. The Labute approximate surface area is 167 Å². The van der Waals surface area contributed by atoms with Crippen LogP contribution in [-0.4, -0.2) is 33.0 Å². The number of rotatable bonds is 7. The lowest BCUT2D eigenvalue weighted by atomic mass is 10.0. The van der Waals surface area contributed by atoms with Crippen molar-refractivity contribution in [1.29, 1.82) is 0 Å². The molecule has 4 heteroatoms. The lowest BCUT2D eigenvalue weighted by Crippen LogP contribution is -2.09. The molecule has 0 amide bonds. The zero-order chi connectivity index (χ0) is 20.4. The summed E-state index contributed by atoms with van der Waals surface area (Å²) in [4.78, 5) is 14.1. The molecule has 0 aliphatic carbocycles. The highest BCUT2D eigenvalue weighted by Gasteiger charge is 2.07. The van der Waals surface area contributed by atoms with Crippen molar-refractivity contribution in [2.45, 2.75) is 6.92 Å². The lowest BCUT2D eigenvalue weighted by molar-refractivity contribution is 1.21. The first kappa shape index (κ1) is 20.8. The van der Waals surface area contributed by atoms with Gasteiger partial charge in [0.2, 0.25) is 0 Å². The molecule has 0 aliphatic rings. The van der Waals surface area contributed by atoms with Gasteiger partial charge >= 0.3 is 0 Å². The van der Waals surface area contributed by atoms with Crippen LogP contribution in [0.3, 0.4) is 0 Å². The minimum atomic E-state index is 0.622. The van der Waals surface area contributed by atoms with Gasteiger partial charge in [0, 0.05) is 31.0 Å². The highest BCUT2D eigenvalue weighted by Crippen LogP contribution is 2.26. The van der Waals surface area contributed by atoms with Gasteiger partial charge in [-0.1, -0.05) is 43.0 Å². The van der Waals surface area contributed by atoms with Crippen LogP contribution in [0, 0.1) is 0 Å².